The van der Waals surface area contributed by atoms with Gasteiger partial charge in [-0.3, -0.25) is 0 Å². The Morgan fingerprint density at radius 3 is 2.07 bits per heavy atom. The summed E-state index contributed by atoms with van der Waals surface area (Å²) >= 11 is 0. The van der Waals surface area contributed by atoms with Gasteiger partial charge >= 0.3 is 0 Å². The molecule has 2 aromatic carbocycles. The molecule has 2 aliphatic rings. The van der Waals surface area contributed by atoms with Crippen LogP contribution in [0.15, 0.2) is 60.9 Å². The van der Waals surface area contributed by atoms with E-state index in [0.29, 0.717) is 0 Å². The van der Waals surface area contributed by atoms with Crippen LogP contribution in [0.25, 0.3) is 0 Å². The lowest BCUT2D eigenvalue weighted by molar-refractivity contribution is 0.560. The van der Waals surface area contributed by atoms with E-state index in [4.69, 9.17) is 0 Å². The summed E-state index contributed by atoms with van der Waals surface area (Å²) in [6, 6.07) is 14.3. The van der Waals surface area contributed by atoms with Crippen molar-refractivity contribution in [3.63, 3.8) is 0 Å². The Balaban J connectivity index is 1.53. The molecule has 1 N–H and O–H groups in total. The number of aromatic amines is 1. The SMILES string of the molecule is Cc1cc2c(cc1C1(c3ccc(Cc4ncc[nH]4)cc3)CC1)C(C)(C)C=CC2(C)C. The monoisotopic (exact) mass is 396 g/mol. The fraction of sp³-hybridized carbons (Fsp3) is 0.393. The maximum Gasteiger partial charge on any atom is 0.110 e. The highest BCUT2D eigenvalue weighted by molar-refractivity contribution is 5.57. The van der Waals surface area contributed by atoms with Gasteiger partial charge < -0.3 is 4.98 Å². The van der Waals surface area contributed by atoms with Crippen LogP contribution in [0.4, 0.5) is 0 Å². The first-order valence-corrected chi connectivity index (χ1v) is 11.2. The van der Waals surface area contributed by atoms with E-state index in [2.05, 4.69) is 93.1 Å². The molecule has 0 saturated heterocycles. The summed E-state index contributed by atoms with van der Waals surface area (Å²) in [6.45, 7) is 11.7. The number of aromatic nitrogens is 2. The number of rotatable bonds is 4. The van der Waals surface area contributed by atoms with Crippen molar-refractivity contribution in [1.29, 1.82) is 0 Å². The summed E-state index contributed by atoms with van der Waals surface area (Å²) in [6.07, 6.45) is 11.8. The highest BCUT2D eigenvalue weighted by atomic mass is 14.9. The number of nitrogens with one attached hydrogen (secondary N) is 1. The molecule has 30 heavy (non-hydrogen) atoms. The van der Waals surface area contributed by atoms with E-state index >= 15 is 0 Å². The van der Waals surface area contributed by atoms with Crippen LogP contribution in [0.1, 0.15) is 79.7 Å². The molecule has 0 amide bonds. The summed E-state index contributed by atoms with van der Waals surface area (Å²) in [5.74, 6) is 1.02. The van der Waals surface area contributed by atoms with Gasteiger partial charge in [-0.05, 0) is 53.1 Å². The first kappa shape index (κ1) is 19.4. The van der Waals surface area contributed by atoms with Gasteiger partial charge in [-0.1, -0.05) is 76.2 Å². The Morgan fingerprint density at radius 1 is 0.867 bits per heavy atom. The van der Waals surface area contributed by atoms with E-state index in [9.17, 15) is 0 Å². The van der Waals surface area contributed by atoms with Gasteiger partial charge in [0.2, 0.25) is 0 Å². The molecule has 154 valence electrons. The van der Waals surface area contributed by atoms with Gasteiger partial charge in [0.15, 0.2) is 0 Å². The minimum absolute atomic E-state index is 0.0796. The Morgan fingerprint density at radius 2 is 1.50 bits per heavy atom. The average Bonchev–Trinajstić information content (AvgIpc) is 3.35. The van der Waals surface area contributed by atoms with Gasteiger partial charge in [0.05, 0.1) is 0 Å². The number of benzene rings is 2. The number of aryl methyl sites for hydroxylation is 1. The maximum atomic E-state index is 4.36. The lowest BCUT2D eigenvalue weighted by Crippen LogP contribution is -2.30. The van der Waals surface area contributed by atoms with Gasteiger partial charge in [-0.15, -0.1) is 0 Å². The first-order valence-electron chi connectivity index (χ1n) is 11.2. The zero-order valence-electron chi connectivity index (χ0n) is 18.8. The van der Waals surface area contributed by atoms with E-state index in [1.165, 1.54) is 46.2 Å². The molecule has 5 rings (SSSR count). The van der Waals surface area contributed by atoms with Crippen molar-refractivity contribution in [3.05, 3.63) is 100 Å². The van der Waals surface area contributed by atoms with Crippen LogP contribution >= 0.6 is 0 Å². The third kappa shape index (κ3) is 3.05. The van der Waals surface area contributed by atoms with Crippen molar-refractivity contribution in [2.45, 2.75) is 70.1 Å². The topological polar surface area (TPSA) is 28.7 Å². The van der Waals surface area contributed by atoms with E-state index in [-0.39, 0.29) is 16.2 Å². The van der Waals surface area contributed by atoms with Crippen LogP contribution in [0.3, 0.4) is 0 Å². The van der Waals surface area contributed by atoms with Gasteiger partial charge in [0.25, 0.3) is 0 Å². The first-order chi connectivity index (χ1) is 14.2. The van der Waals surface area contributed by atoms with E-state index < -0.39 is 0 Å². The molecule has 0 radical (unpaired) electrons. The van der Waals surface area contributed by atoms with Gasteiger partial charge in [-0.2, -0.15) is 0 Å². The standard InChI is InChI=1S/C28H32N2/c1-19-16-23-24(27(4,5)11-10-26(23,2)3)18-22(19)28(12-13-28)21-8-6-20(7-9-21)17-25-29-14-15-30-25/h6-11,14-16,18H,12-13,17H2,1-5H3,(H,29,30). The van der Waals surface area contributed by atoms with Gasteiger partial charge in [-0.25, -0.2) is 4.98 Å². The number of hydrogen-bond acceptors (Lipinski definition) is 1. The van der Waals surface area contributed by atoms with Crippen molar-refractivity contribution in [3.8, 4) is 0 Å². The van der Waals surface area contributed by atoms with Crippen LogP contribution in [0, 0.1) is 6.92 Å². The summed E-state index contributed by atoms with van der Waals surface area (Å²) in [7, 11) is 0. The van der Waals surface area contributed by atoms with Crippen molar-refractivity contribution < 1.29 is 0 Å². The van der Waals surface area contributed by atoms with Crippen LogP contribution in [0.2, 0.25) is 0 Å². The number of fused-ring (bicyclic) bond motifs is 1. The third-order valence-corrected chi connectivity index (χ3v) is 7.37. The van der Waals surface area contributed by atoms with Gasteiger partial charge in [0.1, 0.15) is 5.82 Å². The van der Waals surface area contributed by atoms with Crippen molar-refractivity contribution in [1.82, 2.24) is 9.97 Å². The zero-order chi connectivity index (χ0) is 21.1. The second-order valence-corrected chi connectivity index (χ2v) is 10.5. The largest absolute Gasteiger partial charge is 0.348 e. The quantitative estimate of drug-likeness (QED) is 0.500. The summed E-state index contributed by atoms with van der Waals surface area (Å²) in [5.41, 5.74) is 9.07. The smallest absolute Gasteiger partial charge is 0.110 e. The minimum atomic E-state index is 0.0796. The van der Waals surface area contributed by atoms with E-state index in [1.807, 2.05) is 12.4 Å². The van der Waals surface area contributed by atoms with Crippen LogP contribution in [0.5, 0.6) is 0 Å². The Hall–Kier alpha value is -2.61. The number of allylic oxidation sites excluding steroid dienone is 2. The van der Waals surface area contributed by atoms with Crippen molar-refractivity contribution in [2.24, 2.45) is 0 Å². The Bertz CT molecular complexity index is 1110. The number of hydrogen-bond donors (Lipinski definition) is 1. The molecule has 3 aromatic rings. The average molecular weight is 397 g/mol. The Kier molecular flexibility index (Phi) is 4.16. The van der Waals surface area contributed by atoms with Crippen LogP contribution in [-0.2, 0) is 22.7 Å². The molecule has 0 atom stereocenters. The molecule has 1 fully saturated rings. The molecular formula is C28H32N2. The summed E-state index contributed by atoms with van der Waals surface area (Å²) in [5, 5.41) is 0. The van der Waals surface area contributed by atoms with Crippen LogP contribution in [-0.4, -0.2) is 9.97 Å². The maximum absolute atomic E-state index is 4.36. The summed E-state index contributed by atoms with van der Waals surface area (Å²) in [4.78, 5) is 7.56. The molecule has 1 saturated carbocycles. The van der Waals surface area contributed by atoms with E-state index in [1.54, 1.807) is 0 Å². The molecular weight excluding hydrogens is 364 g/mol. The predicted molar refractivity (Wildman–Crippen MR) is 124 cm³/mol. The minimum Gasteiger partial charge on any atom is -0.348 e. The zero-order valence-corrected chi connectivity index (χ0v) is 18.8. The number of nitrogens with zero attached hydrogens (tertiary/aromatic N) is 1. The molecule has 0 bridgehead atoms. The summed E-state index contributed by atoms with van der Waals surface area (Å²) < 4.78 is 0. The Labute approximate surface area is 180 Å². The molecule has 2 nitrogen and oxygen atoms in total. The molecule has 1 heterocycles. The highest BCUT2D eigenvalue weighted by Crippen LogP contribution is 2.56. The molecule has 2 heteroatoms. The third-order valence-electron chi connectivity index (χ3n) is 7.37. The molecule has 0 spiro atoms. The van der Waals surface area contributed by atoms with Crippen molar-refractivity contribution in [2.75, 3.05) is 0 Å². The lowest BCUT2D eigenvalue weighted by atomic mass is 9.66. The predicted octanol–water partition coefficient (Wildman–Crippen LogP) is 6.51. The lowest BCUT2D eigenvalue weighted by Gasteiger charge is -2.38. The van der Waals surface area contributed by atoms with E-state index in [0.717, 1.165) is 12.2 Å². The molecule has 0 aliphatic heterocycles. The molecule has 0 unspecified atom stereocenters. The second kappa shape index (κ2) is 6.44. The fourth-order valence-electron chi connectivity index (χ4n) is 5.25. The molecule has 1 aromatic heterocycles. The van der Waals surface area contributed by atoms with Crippen LogP contribution < -0.4 is 0 Å². The highest BCUT2D eigenvalue weighted by Gasteiger charge is 2.47. The number of H-pyrrole nitrogens is 1. The van der Waals surface area contributed by atoms with Crippen molar-refractivity contribution >= 4 is 0 Å². The fourth-order valence-corrected chi connectivity index (χ4v) is 5.25. The normalized spacial score (nSPS) is 20.0. The van der Waals surface area contributed by atoms with Gasteiger partial charge in [0, 0.05) is 35.1 Å². The second-order valence-electron chi connectivity index (χ2n) is 10.5. The molecule has 2 aliphatic carbocycles. The number of imidazole rings is 1.